The SMILES string of the molecule is CCN(c1ncc(CNC(C)(C)C)s1)C(C)CN(C)C. The van der Waals surface area contributed by atoms with Gasteiger partial charge in [0, 0.05) is 42.3 Å². The van der Waals surface area contributed by atoms with Crippen molar-refractivity contribution < 1.29 is 0 Å². The number of rotatable bonds is 7. The molecule has 0 saturated heterocycles. The van der Waals surface area contributed by atoms with Crippen LogP contribution < -0.4 is 10.2 Å². The summed E-state index contributed by atoms with van der Waals surface area (Å²) in [5.74, 6) is 0. The maximum absolute atomic E-state index is 4.60. The van der Waals surface area contributed by atoms with E-state index in [0.29, 0.717) is 6.04 Å². The van der Waals surface area contributed by atoms with E-state index in [1.54, 1.807) is 11.3 Å². The zero-order chi connectivity index (χ0) is 15.3. The first kappa shape index (κ1) is 17.4. The van der Waals surface area contributed by atoms with Crippen molar-refractivity contribution in [1.82, 2.24) is 15.2 Å². The number of anilines is 1. The molecule has 1 N–H and O–H groups in total. The van der Waals surface area contributed by atoms with Gasteiger partial charge in [0.1, 0.15) is 0 Å². The predicted octanol–water partition coefficient (Wildman–Crippen LogP) is 2.81. The number of hydrogen-bond donors (Lipinski definition) is 1. The summed E-state index contributed by atoms with van der Waals surface area (Å²) in [6.45, 7) is 13.9. The molecule has 0 fully saturated rings. The Morgan fingerprint density at radius 1 is 1.35 bits per heavy atom. The van der Waals surface area contributed by atoms with Gasteiger partial charge in [-0.05, 0) is 48.7 Å². The third-order valence-electron chi connectivity index (χ3n) is 3.08. The first-order valence-corrected chi connectivity index (χ1v) is 8.15. The Bertz CT molecular complexity index is 395. The first-order chi connectivity index (χ1) is 9.23. The second-order valence-corrected chi connectivity index (χ2v) is 7.70. The number of hydrogen-bond acceptors (Lipinski definition) is 5. The van der Waals surface area contributed by atoms with Crippen molar-refractivity contribution in [3.05, 3.63) is 11.1 Å². The van der Waals surface area contributed by atoms with E-state index >= 15 is 0 Å². The zero-order valence-corrected chi connectivity index (χ0v) is 14.8. The quantitative estimate of drug-likeness (QED) is 0.839. The highest BCUT2D eigenvalue weighted by Gasteiger charge is 2.17. The third-order valence-corrected chi connectivity index (χ3v) is 4.12. The maximum atomic E-state index is 4.60. The molecule has 1 heterocycles. The van der Waals surface area contributed by atoms with E-state index in [2.05, 4.69) is 68.8 Å². The van der Waals surface area contributed by atoms with Gasteiger partial charge in [-0.1, -0.05) is 0 Å². The topological polar surface area (TPSA) is 31.4 Å². The first-order valence-electron chi connectivity index (χ1n) is 7.34. The Hall–Kier alpha value is -0.650. The standard InChI is InChI=1S/C15H30N4S/c1-8-19(12(2)11-18(6)7)14-16-9-13(20-14)10-17-15(3,4)5/h9,12,17H,8,10-11H2,1-7H3. The number of nitrogens with one attached hydrogen (secondary N) is 1. The van der Waals surface area contributed by atoms with Gasteiger partial charge < -0.3 is 15.1 Å². The van der Waals surface area contributed by atoms with Crippen LogP contribution in [0.25, 0.3) is 0 Å². The van der Waals surface area contributed by atoms with Crippen molar-refractivity contribution in [2.75, 3.05) is 32.1 Å². The maximum Gasteiger partial charge on any atom is 0.185 e. The minimum Gasteiger partial charge on any atom is -0.344 e. The smallest absolute Gasteiger partial charge is 0.185 e. The third kappa shape index (κ3) is 5.77. The van der Waals surface area contributed by atoms with Crippen molar-refractivity contribution in [3.8, 4) is 0 Å². The van der Waals surface area contributed by atoms with Crippen LogP contribution in [0.2, 0.25) is 0 Å². The van der Waals surface area contributed by atoms with E-state index in [0.717, 1.165) is 24.8 Å². The van der Waals surface area contributed by atoms with Crippen molar-refractivity contribution >= 4 is 16.5 Å². The summed E-state index contributed by atoms with van der Waals surface area (Å²) in [4.78, 5) is 10.5. The van der Waals surface area contributed by atoms with Crippen molar-refractivity contribution in [2.45, 2.75) is 52.7 Å². The van der Waals surface area contributed by atoms with Gasteiger partial charge in [-0.25, -0.2) is 4.98 Å². The molecule has 1 aromatic heterocycles. The normalized spacial score (nSPS) is 13.8. The molecular formula is C15H30N4S. The summed E-state index contributed by atoms with van der Waals surface area (Å²) >= 11 is 1.80. The predicted molar refractivity (Wildman–Crippen MR) is 89.7 cm³/mol. The van der Waals surface area contributed by atoms with E-state index in [4.69, 9.17) is 0 Å². The fourth-order valence-corrected chi connectivity index (χ4v) is 3.14. The molecule has 116 valence electrons. The van der Waals surface area contributed by atoms with E-state index in [-0.39, 0.29) is 5.54 Å². The Morgan fingerprint density at radius 3 is 2.50 bits per heavy atom. The van der Waals surface area contributed by atoms with E-state index < -0.39 is 0 Å². The monoisotopic (exact) mass is 298 g/mol. The molecule has 5 heteroatoms. The largest absolute Gasteiger partial charge is 0.344 e. The highest BCUT2D eigenvalue weighted by atomic mass is 32.1. The molecule has 1 atom stereocenters. The highest BCUT2D eigenvalue weighted by Crippen LogP contribution is 2.24. The second-order valence-electron chi connectivity index (χ2n) is 6.61. The molecule has 0 aliphatic heterocycles. The van der Waals surface area contributed by atoms with Crippen LogP contribution in [0.3, 0.4) is 0 Å². The van der Waals surface area contributed by atoms with Crippen LogP contribution in [0.5, 0.6) is 0 Å². The molecule has 0 bridgehead atoms. The van der Waals surface area contributed by atoms with Crippen LogP contribution in [0.1, 0.15) is 39.5 Å². The van der Waals surface area contributed by atoms with Crippen molar-refractivity contribution in [2.24, 2.45) is 0 Å². The molecule has 0 radical (unpaired) electrons. The molecule has 0 aliphatic carbocycles. The lowest BCUT2D eigenvalue weighted by Gasteiger charge is -2.29. The van der Waals surface area contributed by atoms with Gasteiger partial charge in [0.2, 0.25) is 0 Å². The van der Waals surface area contributed by atoms with Gasteiger partial charge in [-0.3, -0.25) is 0 Å². The van der Waals surface area contributed by atoms with Crippen LogP contribution in [0.4, 0.5) is 5.13 Å². The lowest BCUT2D eigenvalue weighted by atomic mass is 10.1. The molecule has 1 unspecified atom stereocenters. The molecule has 0 amide bonds. The Balaban J connectivity index is 2.68. The molecule has 0 saturated carbocycles. The summed E-state index contributed by atoms with van der Waals surface area (Å²) in [5, 5.41) is 4.65. The molecule has 0 aromatic carbocycles. The Morgan fingerprint density at radius 2 is 2.00 bits per heavy atom. The lowest BCUT2D eigenvalue weighted by Crippen LogP contribution is -2.40. The Labute approximate surface area is 128 Å². The average Bonchev–Trinajstić information content (AvgIpc) is 2.74. The van der Waals surface area contributed by atoms with Crippen LogP contribution in [-0.2, 0) is 6.54 Å². The number of thiazole rings is 1. The molecule has 20 heavy (non-hydrogen) atoms. The number of likely N-dealkylation sites (N-methyl/N-ethyl adjacent to an activating group) is 2. The molecular weight excluding hydrogens is 268 g/mol. The van der Waals surface area contributed by atoms with Crippen LogP contribution >= 0.6 is 11.3 Å². The number of aromatic nitrogens is 1. The average molecular weight is 298 g/mol. The van der Waals surface area contributed by atoms with Gasteiger partial charge in [-0.15, -0.1) is 11.3 Å². The fourth-order valence-electron chi connectivity index (χ4n) is 2.13. The van der Waals surface area contributed by atoms with Gasteiger partial charge in [0.05, 0.1) is 0 Å². The summed E-state index contributed by atoms with van der Waals surface area (Å²) in [6, 6.07) is 0.476. The molecule has 0 aliphatic rings. The van der Waals surface area contributed by atoms with Crippen LogP contribution in [0, 0.1) is 0 Å². The van der Waals surface area contributed by atoms with Crippen LogP contribution in [-0.4, -0.2) is 48.6 Å². The van der Waals surface area contributed by atoms with E-state index in [1.807, 2.05) is 6.20 Å². The van der Waals surface area contributed by atoms with Crippen molar-refractivity contribution in [1.29, 1.82) is 0 Å². The minimum absolute atomic E-state index is 0.146. The number of nitrogens with zero attached hydrogens (tertiary/aromatic N) is 3. The molecule has 0 spiro atoms. The van der Waals surface area contributed by atoms with E-state index in [1.165, 1.54) is 4.88 Å². The fraction of sp³-hybridized carbons (Fsp3) is 0.800. The van der Waals surface area contributed by atoms with Crippen molar-refractivity contribution in [3.63, 3.8) is 0 Å². The summed E-state index contributed by atoms with van der Waals surface area (Å²) in [6.07, 6.45) is 2.00. The molecule has 1 aromatic rings. The highest BCUT2D eigenvalue weighted by molar-refractivity contribution is 7.15. The van der Waals surface area contributed by atoms with Gasteiger partial charge in [0.15, 0.2) is 5.13 Å². The zero-order valence-electron chi connectivity index (χ0n) is 14.0. The summed E-state index contributed by atoms with van der Waals surface area (Å²) < 4.78 is 0. The summed E-state index contributed by atoms with van der Waals surface area (Å²) in [5.41, 5.74) is 0.146. The lowest BCUT2D eigenvalue weighted by molar-refractivity contribution is 0.373. The second kappa shape index (κ2) is 7.38. The van der Waals surface area contributed by atoms with Gasteiger partial charge in [-0.2, -0.15) is 0 Å². The summed E-state index contributed by atoms with van der Waals surface area (Å²) in [7, 11) is 4.23. The molecule has 1 rings (SSSR count). The van der Waals surface area contributed by atoms with Gasteiger partial charge in [0.25, 0.3) is 0 Å². The minimum atomic E-state index is 0.146. The van der Waals surface area contributed by atoms with E-state index in [9.17, 15) is 0 Å². The Kier molecular flexibility index (Phi) is 6.43. The molecule has 4 nitrogen and oxygen atoms in total. The van der Waals surface area contributed by atoms with Gasteiger partial charge >= 0.3 is 0 Å². The van der Waals surface area contributed by atoms with Crippen LogP contribution in [0.15, 0.2) is 6.20 Å².